The molecule has 2 aromatic carbocycles. The first-order valence-corrected chi connectivity index (χ1v) is 23.6. The number of nitrogens with one attached hydrogen (secondary N) is 2. The number of aromatic nitrogens is 1. The minimum absolute atomic E-state index is 0.0822. The number of amides is 4. The molecule has 15 heteroatoms. The highest BCUT2D eigenvalue weighted by Crippen LogP contribution is 2.40. The zero-order valence-electron chi connectivity index (χ0n) is 41.2. The number of fused-ring (bicyclic) bond motifs is 6. The molecular weight excluding hydrogens is 861 g/mol. The second-order valence-corrected chi connectivity index (χ2v) is 19.3. The molecule has 3 aromatic rings. The Balaban J connectivity index is 1.45. The van der Waals surface area contributed by atoms with E-state index >= 15 is 0 Å². The molecule has 4 heterocycles. The lowest BCUT2D eigenvalue weighted by Gasteiger charge is -2.37. The molecule has 0 spiro atoms. The first-order chi connectivity index (χ1) is 32.4. The molecule has 15 nitrogen and oxygen atoms in total. The number of carbonyl (C=O) groups excluding carboxylic acids is 5. The molecule has 0 unspecified atom stereocenters. The molecule has 362 valence electrons. The monoisotopic (exact) mass is 929 g/mol. The van der Waals surface area contributed by atoms with Crippen LogP contribution in [-0.2, 0) is 52.8 Å². The van der Waals surface area contributed by atoms with Crippen LogP contribution in [0.1, 0.15) is 84.5 Å². The molecule has 5 atom stereocenters. The summed E-state index contributed by atoms with van der Waals surface area (Å²) in [7, 11) is 3.14. The fraction of sp³-hybridized carbons (Fsp3) is 0.491. The van der Waals surface area contributed by atoms with Crippen molar-refractivity contribution in [1.82, 2.24) is 30.1 Å². The summed E-state index contributed by atoms with van der Waals surface area (Å²) in [6.45, 7) is 22.6. The summed E-state index contributed by atoms with van der Waals surface area (Å²) in [5.41, 5.74) is 8.25. The van der Waals surface area contributed by atoms with Crippen molar-refractivity contribution >= 4 is 52.3 Å². The van der Waals surface area contributed by atoms with E-state index in [1.54, 1.807) is 27.2 Å². The third-order valence-electron chi connectivity index (χ3n) is 13.6. The van der Waals surface area contributed by atoms with E-state index in [1.165, 1.54) is 21.9 Å². The molecule has 0 radical (unpaired) electrons. The third kappa shape index (κ3) is 10.4. The van der Waals surface area contributed by atoms with Crippen molar-refractivity contribution in [2.75, 3.05) is 40.4 Å². The molecule has 68 heavy (non-hydrogen) atoms. The number of hydrazine groups is 1. The lowest BCUT2D eigenvalue weighted by Crippen LogP contribution is -2.62. The predicted octanol–water partition coefficient (Wildman–Crippen LogP) is 6.41. The van der Waals surface area contributed by atoms with E-state index in [4.69, 9.17) is 14.5 Å². The van der Waals surface area contributed by atoms with Crippen LogP contribution in [0, 0.1) is 28.1 Å². The number of hydrogen-bond acceptors (Lipinski definition) is 10. The van der Waals surface area contributed by atoms with E-state index in [2.05, 4.69) is 73.5 Å². The highest BCUT2D eigenvalue weighted by Gasteiger charge is 2.50. The normalized spacial score (nSPS) is 22.2. The number of cyclic esters (lactones) is 1. The number of hydrogen-bond donors (Lipinski definition) is 2. The Labute approximate surface area is 400 Å². The molecule has 0 aliphatic carbocycles. The van der Waals surface area contributed by atoms with Gasteiger partial charge in [0.25, 0.3) is 5.91 Å². The fourth-order valence-electron chi connectivity index (χ4n) is 9.99. The second kappa shape index (κ2) is 21.3. The lowest BCUT2D eigenvalue weighted by molar-refractivity contribution is -0.155. The van der Waals surface area contributed by atoms with Crippen LogP contribution in [0.5, 0.6) is 0 Å². The molecule has 3 aliphatic heterocycles. The van der Waals surface area contributed by atoms with Crippen LogP contribution in [0.3, 0.4) is 0 Å². The first kappa shape index (κ1) is 51.0. The topological polar surface area (TPSA) is 179 Å². The van der Waals surface area contributed by atoms with Gasteiger partial charge in [-0.1, -0.05) is 77.3 Å². The zero-order valence-corrected chi connectivity index (χ0v) is 41.2. The van der Waals surface area contributed by atoms with E-state index in [1.807, 2.05) is 44.2 Å². The van der Waals surface area contributed by atoms with E-state index < -0.39 is 58.6 Å². The standard InChI is InChI=1S/C53H68N8O7/c1-12-38(45(55-14-3)34(7)67-11)47-40-29-52(8,9)32-68-50(65)41-20-17-24-61(57-41)49(64)42(27-35-18-16-19-36(26-35)37-21-22-43(39(40)28-37)60(47)15-4)56-48(63)46(33(5)6)58(10)51(66)53(30-54)23-25-59(31-53)44(62)13-2/h12-14,16,18-19,21-22,26,28,33-34,41-42,46,57H,1-2,15,17,20,23-25,27,29,31-32H2,3-11H3,(H,56,63)/b45-38+,55-14-/t34-,41-,42-,46-,53-/m0/s1. The van der Waals surface area contributed by atoms with Gasteiger partial charge < -0.3 is 29.2 Å². The largest absolute Gasteiger partial charge is 0.464 e. The van der Waals surface area contributed by atoms with Crippen molar-refractivity contribution in [3.63, 3.8) is 0 Å². The van der Waals surface area contributed by atoms with Gasteiger partial charge in [-0.05, 0) is 92.8 Å². The number of methoxy groups -OCH3 is 1. The van der Waals surface area contributed by atoms with Gasteiger partial charge in [0, 0.05) is 74.9 Å². The molecule has 6 bridgehead atoms. The molecule has 4 amide bonds. The Morgan fingerprint density at radius 2 is 1.84 bits per heavy atom. The SMILES string of the molecule is C=CC(=O)N1CC[C@@](C#N)(C(=O)N(C)[C@H](C(=O)N[C@H]2Cc3cccc(c3)-c3ccc4c(c3)c(c(/C(C=C)=C(/N=C\C)[C@H](C)OC)n4CC)CC(C)(C)COC(=O)[C@@H]3CCCN(N3)C2=O)C(C)C)C1. The summed E-state index contributed by atoms with van der Waals surface area (Å²) in [6.07, 6.45) is 6.08. The molecule has 2 saturated heterocycles. The third-order valence-corrected chi connectivity index (χ3v) is 13.6. The first-order valence-electron chi connectivity index (χ1n) is 23.6. The highest BCUT2D eigenvalue weighted by atomic mass is 16.5. The molecule has 3 aliphatic rings. The Morgan fingerprint density at radius 3 is 2.49 bits per heavy atom. The van der Waals surface area contributed by atoms with Gasteiger partial charge in [0.2, 0.25) is 17.7 Å². The number of benzene rings is 2. The number of esters is 1. The lowest BCUT2D eigenvalue weighted by atomic mass is 9.84. The van der Waals surface area contributed by atoms with Crippen molar-refractivity contribution in [3.05, 3.63) is 90.3 Å². The van der Waals surface area contributed by atoms with Gasteiger partial charge in [-0.2, -0.15) is 5.26 Å². The summed E-state index contributed by atoms with van der Waals surface area (Å²) in [5, 5.41) is 15.8. The number of carbonyl (C=O) groups is 5. The average molecular weight is 929 g/mol. The number of likely N-dealkylation sites (tertiary alicyclic amines) is 1. The maximum absolute atomic E-state index is 14.8. The average Bonchev–Trinajstić information content (AvgIpc) is 3.91. The number of nitrogens with zero attached hydrogens (tertiary/aromatic N) is 6. The van der Waals surface area contributed by atoms with Crippen molar-refractivity contribution in [2.45, 2.75) is 111 Å². The summed E-state index contributed by atoms with van der Waals surface area (Å²) < 4.78 is 14.2. The number of rotatable bonds is 12. The van der Waals surface area contributed by atoms with Gasteiger partial charge in [-0.25, -0.2) is 5.43 Å². The molecule has 1 aromatic heterocycles. The van der Waals surface area contributed by atoms with Gasteiger partial charge >= 0.3 is 5.97 Å². The summed E-state index contributed by atoms with van der Waals surface area (Å²) in [5.74, 6) is -2.93. The number of likely N-dealkylation sites (N-methyl/N-ethyl adjacent to an activating group) is 1. The number of aryl methyl sites for hydroxylation is 1. The predicted molar refractivity (Wildman–Crippen MR) is 264 cm³/mol. The summed E-state index contributed by atoms with van der Waals surface area (Å²) in [4.78, 5) is 77.5. The zero-order chi connectivity index (χ0) is 49.7. The van der Waals surface area contributed by atoms with Gasteiger partial charge in [0.1, 0.15) is 18.1 Å². The summed E-state index contributed by atoms with van der Waals surface area (Å²) in [6, 6.07) is 13.4. The molecule has 6 rings (SSSR count). The van der Waals surface area contributed by atoms with Gasteiger partial charge in [-0.15, -0.1) is 0 Å². The minimum atomic E-state index is -1.56. The second-order valence-electron chi connectivity index (χ2n) is 19.3. The fourth-order valence-corrected chi connectivity index (χ4v) is 9.99. The van der Waals surface area contributed by atoms with Gasteiger partial charge in [0.15, 0.2) is 5.41 Å². The summed E-state index contributed by atoms with van der Waals surface area (Å²) >= 11 is 0. The van der Waals surface area contributed by atoms with Crippen LogP contribution >= 0.6 is 0 Å². The van der Waals surface area contributed by atoms with Gasteiger partial charge in [-0.3, -0.25) is 34.0 Å². The minimum Gasteiger partial charge on any atom is -0.464 e. The van der Waals surface area contributed by atoms with E-state index in [0.717, 1.165) is 56.2 Å². The van der Waals surface area contributed by atoms with E-state index in [0.29, 0.717) is 25.8 Å². The van der Waals surface area contributed by atoms with Crippen molar-refractivity contribution in [3.8, 4) is 17.2 Å². The Hall–Kier alpha value is -6.37. The van der Waals surface area contributed by atoms with Crippen LogP contribution in [0.2, 0.25) is 0 Å². The maximum Gasteiger partial charge on any atom is 0.324 e. The van der Waals surface area contributed by atoms with Crippen molar-refractivity contribution in [1.29, 1.82) is 5.26 Å². The van der Waals surface area contributed by atoms with Crippen molar-refractivity contribution < 1.29 is 33.4 Å². The van der Waals surface area contributed by atoms with E-state index in [9.17, 15) is 29.2 Å². The molecule has 2 fully saturated rings. The Bertz CT molecular complexity index is 2570. The Kier molecular flexibility index (Phi) is 16.0. The molecule has 2 N–H and O–H groups in total. The quantitative estimate of drug-likeness (QED) is 0.0899. The van der Waals surface area contributed by atoms with E-state index in [-0.39, 0.29) is 51.1 Å². The number of aliphatic imine (C=N–C) groups is 1. The molecule has 0 saturated carbocycles. The molecular formula is C53H68N8O7. The van der Waals surface area contributed by atoms with Gasteiger partial charge in [0.05, 0.1) is 30.2 Å². The number of ether oxygens (including phenoxy) is 2. The number of allylic oxidation sites excluding steroid dienone is 2. The van der Waals surface area contributed by atoms with Crippen LogP contribution in [0.25, 0.3) is 27.6 Å². The van der Waals surface area contributed by atoms with Crippen LogP contribution < -0.4 is 10.7 Å². The van der Waals surface area contributed by atoms with Crippen LogP contribution in [0.15, 0.2) is 78.5 Å². The van der Waals surface area contributed by atoms with Crippen molar-refractivity contribution in [2.24, 2.45) is 21.7 Å². The Morgan fingerprint density at radius 1 is 1.10 bits per heavy atom. The van der Waals surface area contributed by atoms with Crippen LogP contribution in [-0.4, -0.2) is 120 Å². The van der Waals surface area contributed by atoms with Crippen LogP contribution in [0.4, 0.5) is 0 Å². The highest BCUT2D eigenvalue weighted by molar-refractivity contribution is 5.97. The number of nitriles is 1. The smallest absolute Gasteiger partial charge is 0.324 e. The maximum atomic E-state index is 14.8.